The third-order valence-corrected chi connectivity index (χ3v) is 4.20. The number of benzene rings is 2. The van der Waals surface area contributed by atoms with Gasteiger partial charge in [-0.1, -0.05) is 37.4 Å². The van der Waals surface area contributed by atoms with Crippen molar-refractivity contribution in [2.45, 2.75) is 17.8 Å². The van der Waals surface area contributed by atoms with Crippen LogP contribution in [0.2, 0.25) is 0 Å². The Balaban J connectivity index is 2.65. The summed E-state index contributed by atoms with van der Waals surface area (Å²) in [6.45, 7) is 6.28. The molecule has 0 radical (unpaired) electrons. The van der Waals surface area contributed by atoms with E-state index in [0.717, 1.165) is 36.4 Å². The topological polar surface area (TPSA) is 52.6 Å². The highest BCUT2D eigenvalue weighted by Gasteiger charge is 2.72. The lowest BCUT2D eigenvalue weighted by Gasteiger charge is -2.38. The molecule has 164 valence electrons. The fourth-order valence-corrected chi connectivity index (χ4v) is 2.84. The van der Waals surface area contributed by atoms with Gasteiger partial charge < -0.3 is 9.47 Å². The first-order valence-corrected chi connectivity index (χ1v) is 8.40. The molecule has 0 spiro atoms. The predicted octanol–water partition coefficient (Wildman–Crippen LogP) is 5.28. The third kappa shape index (κ3) is 4.62. The summed E-state index contributed by atoms with van der Waals surface area (Å²) in [5, 5.41) is 0. The molecule has 0 heterocycles. The fourth-order valence-electron chi connectivity index (χ4n) is 2.84. The van der Waals surface area contributed by atoms with Gasteiger partial charge in [-0.05, 0) is 35.4 Å². The van der Waals surface area contributed by atoms with Gasteiger partial charge in [0.1, 0.15) is 11.5 Å². The second kappa shape index (κ2) is 8.66. The van der Waals surface area contributed by atoms with Crippen LogP contribution in [0.15, 0.2) is 73.8 Å². The van der Waals surface area contributed by atoms with E-state index in [0.29, 0.717) is 24.3 Å². The Bertz CT molecular complexity index is 891. The van der Waals surface area contributed by atoms with Crippen molar-refractivity contribution in [1.29, 1.82) is 0 Å². The van der Waals surface area contributed by atoms with Crippen molar-refractivity contribution in [3.8, 4) is 11.5 Å². The maximum absolute atomic E-state index is 14.1. The average molecular weight is 444 g/mol. The molecule has 0 aliphatic heterocycles. The summed E-state index contributed by atoms with van der Waals surface area (Å²) in [6, 6.07) is 5.51. The number of esters is 2. The second-order valence-electron chi connectivity index (χ2n) is 6.04. The monoisotopic (exact) mass is 444 g/mol. The van der Waals surface area contributed by atoms with E-state index in [4.69, 9.17) is 9.47 Å². The van der Waals surface area contributed by atoms with Gasteiger partial charge in [0.15, 0.2) is 0 Å². The Morgan fingerprint density at radius 3 is 1.16 bits per heavy atom. The summed E-state index contributed by atoms with van der Waals surface area (Å²) >= 11 is 0. The van der Waals surface area contributed by atoms with Gasteiger partial charge in [-0.2, -0.15) is 26.3 Å². The van der Waals surface area contributed by atoms with Crippen LogP contribution in [-0.2, 0) is 15.0 Å². The molecule has 0 amide bonds. The minimum atomic E-state index is -5.80. The Hall–Kier alpha value is -3.56. The first-order chi connectivity index (χ1) is 14.4. The number of carbonyl (C=O) groups is 2. The van der Waals surface area contributed by atoms with Crippen LogP contribution in [0.1, 0.15) is 11.1 Å². The van der Waals surface area contributed by atoms with Crippen molar-refractivity contribution in [2.75, 3.05) is 0 Å². The first-order valence-electron chi connectivity index (χ1n) is 8.40. The van der Waals surface area contributed by atoms with Crippen LogP contribution in [0.25, 0.3) is 0 Å². The number of rotatable bonds is 6. The van der Waals surface area contributed by atoms with Gasteiger partial charge in [-0.15, -0.1) is 0 Å². The minimum absolute atomic E-state index is 0.265. The Morgan fingerprint density at radius 1 is 0.645 bits per heavy atom. The molecule has 2 aromatic rings. The van der Waals surface area contributed by atoms with Crippen LogP contribution in [0, 0.1) is 0 Å². The summed E-state index contributed by atoms with van der Waals surface area (Å²) in [4.78, 5) is 22.4. The van der Waals surface area contributed by atoms with Gasteiger partial charge in [0.25, 0.3) is 0 Å². The van der Waals surface area contributed by atoms with Crippen LogP contribution < -0.4 is 9.47 Å². The molecular weight excluding hydrogens is 430 g/mol. The van der Waals surface area contributed by atoms with Crippen LogP contribution >= 0.6 is 0 Å². The SMILES string of the molecule is C=CC(=O)Oc1ccc(C(c2ccc(OC(=O)C=C)cc2)(C(F)(F)F)C(F)(F)F)cc1. The zero-order valence-electron chi connectivity index (χ0n) is 15.6. The van der Waals surface area contributed by atoms with E-state index in [1.165, 1.54) is 0 Å². The molecule has 0 atom stereocenters. The van der Waals surface area contributed by atoms with Crippen molar-refractivity contribution >= 4 is 11.9 Å². The van der Waals surface area contributed by atoms with E-state index >= 15 is 0 Å². The largest absolute Gasteiger partial charge is 0.423 e. The molecule has 0 aromatic heterocycles. The van der Waals surface area contributed by atoms with E-state index < -0.39 is 40.8 Å². The molecule has 0 fully saturated rings. The molecule has 0 aliphatic carbocycles. The Labute approximate surface area is 172 Å². The van der Waals surface area contributed by atoms with E-state index in [1.54, 1.807) is 0 Å². The van der Waals surface area contributed by atoms with E-state index in [2.05, 4.69) is 13.2 Å². The highest BCUT2D eigenvalue weighted by molar-refractivity contribution is 5.83. The molecule has 10 heteroatoms. The van der Waals surface area contributed by atoms with Crippen molar-refractivity contribution < 1.29 is 45.4 Å². The standard InChI is InChI=1S/C21H14F6O4/c1-3-17(28)30-15-9-5-13(6-10-15)19(20(22,23)24,21(25,26)27)14-7-11-16(12-8-14)31-18(29)4-2/h3-12H,1-2H2. The number of alkyl halides is 6. The van der Waals surface area contributed by atoms with Crippen LogP contribution in [-0.4, -0.2) is 24.3 Å². The third-order valence-electron chi connectivity index (χ3n) is 4.20. The van der Waals surface area contributed by atoms with Crippen LogP contribution in [0.4, 0.5) is 26.3 Å². The summed E-state index contributed by atoms with van der Waals surface area (Å²) in [5.74, 6) is -2.40. The van der Waals surface area contributed by atoms with Gasteiger partial charge in [-0.25, -0.2) is 9.59 Å². The summed E-state index contributed by atoms with van der Waals surface area (Å²) in [5.41, 5.74) is -6.70. The molecule has 0 aliphatic rings. The summed E-state index contributed by atoms with van der Waals surface area (Å²) < 4.78 is 93.7. The molecule has 0 saturated carbocycles. The molecule has 0 N–H and O–H groups in total. The van der Waals surface area contributed by atoms with Gasteiger partial charge >= 0.3 is 24.3 Å². The lowest BCUT2D eigenvalue weighted by atomic mass is 9.73. The molecule has 0 saturated heterocycles. The maximum atomic E-state index is 14.1. The number of hydrogen-bond acceptors (Lipinski definition) is 4. The van der Waals surface area contributed by atoms with Crippen molar-refractivity contribution in [3.63, 3.8) is 0 Å². The van der Waals surface area contributed by atoms with Gasteiger partial charge in [0.05, 0.1) is 0 Å². The Morgan fingerprint density at radius 2 is 0.935 bits per heavy atom. The lowest BCUT2D eigenvalue weighted by molar-refractivity contribution is -0.288. The van der Waals surface area contributed by atoms with E-state index in [-0.39, 0.29) is 11.5 Å². The molecule has 2 rings (SSSR count). The summed E-state index contributed by atoms with van der Waals surface area (Å²) in [6.07, 6.45) is -10.0. The van der Waals surface area contributed by atoms with Gasteiger partial charge in [-0.3, -0.25) is 0 Å². The van der Waals surface area contributed by atoms with E-state index in [9.17, 15) is 35.9 Å². The molecule has 2 aromatic carbocycles. The van der Waals surface area contributed by atoms with Crippen molar-refractivity contribution in [2.24, 2.45) is 0 Å². The maximum Gasteiger partial charge on any atom is 0.411 e. The first kappa shape index (κ1) is 23.7. The van der Waals surface area contributed by atoms with Crippen LogP contribution in [0.3, 0.4) is 0 Å². The van der Waals surface area contributed by atoms with Crippen LogP contribution in [0.5, 0.6) is 11.5 Å². The molecule has 0 unspecified atom stereocenters. The quantitative estimate of drug-likeness (QED) is 0.263. The average Bonchev–Trinajstić information content (AvgIpc) is 2.68. The second-order valence-corrected chi connectivity index (χ2v) is 6.04. The summed E-state index contributed by atoms with van der Waals surface area (Å²) in [7, 11) is 0. The highest BCUT2D eigenvalue weighted by atomic mass is 19.4. The molecule has 0 bridgehead atoms. The van der Waals surface area contributed by atoms with Crippen molar-refractivity contribution in [1.82, 2.24) is 0 Å². The number of carbonyl (C=O) groups excluding carboxylic acids is 2. The number of halogens is 6. The minimum Gasteiger partial charge on any atom is -0.423 e. The smallest absolute Gasteiger partial charge is 0.411 e. The zero-order valence-corrected chi connectivity index (χ0v) is 15.6. The van der Waals surface area contributed by atoms with E-state index in [1.807, 2.05) is 0 Å². The normalized spacial score (nSPS) is 12.1. The predicted molar refractivity (Wildman–Crippen MR) is 97.4 cm³/mol. The molecular formula is C21H14F6O4. The zero-order chi connectivity index (χ0) is 23.4. The Kier molecular flexibility index (Phi) is 6.63. The number of ether oxygens (including phenoxy) is 2. The fraction of sp³-hybridized carbons (Fsp3) is 0.143. The van der Waals surface area contributed by atoms with Gasteiger partial charge in [0, 0.05) is 12.2 Å². The highest BCUT2D eigenvalue weighted by Crippen LogP contribution is 2.56. The molecule has 4 nitrogen and oxygen atoms in total. The molecule has 31 heavy (non-hydrogen) atoms. The van der Waals surface area contributed by atoms with Gasteiger partial charge in [0.2, 0.25) is 5.41 Å². The number of hydrogen-bond donors (Lipinski definition) is 0. The lowest BCUT2D eigenvalue weighted by Crippen LogP contribution is -2.54. The van der Waals surface area contributed by atoms with Crippen molar-refractivity contribution in [3.05, 3.63) is 85.0 Å².